The summed E-state index contributed by atoms with van der Waals surface area (Å²) in [5, 5.41) is 0. The topological polar surface area (TPSA) is 4.44 Å². The second kappa shape index (κ2) is 2.70. The fourth-order valence-electron chi connectivity index (χ4n) is 1.34. The Morgan fingerprint density at radius 3 is 2.00 bits per heavy atom. The summed E-state index contributed by atoms with van der Waals surface area (Å²) >= 11 is 0. The van der Waals surface area contributed by atoms with Gasteiger partial charge in [-0.15, -0.1) is 0 Å². The molecule has 9 heavy (non-hydrogen) atoms. The molecule has 1 heterocycles. The molecule has 2 unspecified atom stereocenters. The van der Waals surface area contributed by atoms with Gasteiger partial charge in [0.25, 0.3) is 0 Å². The maximum absolute atomic E-state index is 5.70. The summed E-state index contributed by atoms with van der Waals surface area (Å²) in [7, 11) is 0. The van der Waals surface area contributed by atoms with Crippen LogP contribution < -0.4 is 4.90 Å². The Kier molecular flexibility index (Phi) is 2.12. The van der Waals surface area contributed by atoms with Crippen LogP contribution in [0.2, 0.25) is 0 Å². The lowest BCUT2D eigenvalue weighted by Crippen LogP contribution is -3.10. The molecular weight excluding hydrogens is 110 g/mol. The summed E-state index contributed by atoms with van der Waals surface area (Å²) in [5.74, 6) is 0.472. The second-order valence-corrected chi connectivity index (χ2v) is 2.84. The van der Waals surface area contributed by atoms with Crippen LogP contribution in [-0.2, 0) is 0 Å². The van der Waals surface area contributed by atoms with Crippen LogP contribution in [0, 0.1) is 25.7 Å². The molecule has 1 nitrogen and oxygen atoms in total. The standard InChI is InChI=1S/C8H13N/c1-4-9-5-7(2)8(3)6-9/h2-3,7-8H,4-6H2,1H3/p+1. The van der Waals surface area contributed by atoms with Gasteiger partial charge in [0.1, 0.15) is 0 Å². The Morgan fingerprint density at radius 1 is 1.33 bits per heavy atom. The minimum atomic E-state index is 0.236. The monoisotopic (exact) mass is 124 g/mol. The molecule has 0 amide bonds. The highest BCUT2D eigenvalue weighted by molar-refractivity contribution is 4.76. The van der Waals surface area contributed by atoms with Crippen LogP contribution in [0.5, 0.6) is 0 Å². The van der Waals surface area contributed by atoms with Crippen molar-refractivity contribution >= 4 is 0 Å². The Morgan fingerprint density at radius 2 is 1.78 bits per heavy atom. The van der Waals surface area contributed by atoms with E-state index in [9.17, 15) is 0 Å². The Bertz CT molecular complexity index is 80.6. The van der Waals surface area contributed by atoms with Gasteiger partial charge in [0.05, 0.1) is 19.6 Å². The molecule has 0 spiro atoms. The van der Waals surface area contributed by atoms with E-state index >= 15 is 0 Å². The van der Waals surface area contributed by atoms with Crippen molar-refractivity contribution in [2.45, 2.75) is 6.92 Å². The quantitative estimate of drug-likeness (QED) is 0.483. The van der Waals surface area contributed by atoms with E-state index in [1.165, 1.54) is 4.90 Å². The molecule has 1 heteroatoms. The molecule has 50 valence electrons. The van der Waals surface area contributed by atoms with Crippen LogP contribution in [0.4, 0.5) is 0 Å². The Balaban J connectivity index is 2.35. The van der Waals surface area contributed by atoms with Crippen molar-refractivity contribution in [3.05, 3.63) is 13.8 Å². The maximum atomic E-state index is 5.70. The normalized spacial score (nSPS) is 43.7. The first-order valence-electron chi connectivity index (χ1n) is 3.58. The summed E-state index contributed by atoms with van der Waals surface area (Å²) < 4.78 is 0. The zero-order chi connectivity index (χ0) is 6.85. The van der Waals surface area contributed by atoms with E-state index in [2.05, 4.69) is 6.92 Å². The third-order valence-electron chi connectivity index (χ3n) is 2.10. The molecule has 0 aromatic rings. The average Bonchev–Trinajstić information content (AvgIpc) is 2.13. The molecule has 2 atom stereocenters. The molecule has 1 N–H and O–H groups in total. The third kappa shape index (κ3) is 1.45. The van der Waals surface area contributed by atoms with Gasteiger partial charge >= 0.3 is 0 Å². The van der Waals surface area contributed by atoms with E-state index in [0.717, 1.165) is 19.6 Å². The largest absolute Gasteiger partial charge is 0.335 e. The second-order valence-electron chi connectivity index (χ2n) is 2.84. The highest BCUT2D eigenvalue weighted by atomic mass is 15.1. The first-order chi connectivity index (χ1) is 4.24. The lowest BCUT2D eigenvalue weighted by Gasteiger charge is -2.07. The van der Waals surface area contributed by atoms with E-state index in [0.29, 0.717) is 0 Å². The molecule has 0 aromatic carbocycles. The smallest absolute Gasteiger partial charge is 0.0807 e. The third-order valence-corrected chi connectivity index (χ3v) is 2.10. The fraction of sp³-hybridized carbons (Fsp3) is 0.750. The van der Waals surface area contributed by atoms with Crippen molar-refractivity contribution in [1.82, 2.24) is 0 Å². The van der Waals surface area contributed by atoms with Crippen molar-refractivity contribution in [1.29, 1.82) is 0 Å². The number of quaternary nitrogens is 1. The van der Waals surface area contributed by atoms with Gasteiger partial charge in [-0.25, -0.2) is 0 Å². The van der Waals surface area contributed by atoms with Crippen LogP contribution in [0.3, 0.4) is 0 Å². The number of nitrogens with one attached hydrogen (secondary N) is 1. The van der Waals surface area contributed by atoms with Gasteiger partial charge in [0.2, 0.25) is 0 Å². The van der Waals surface area contributed by atoms with E-state index in [-0.39, 0.29) is 11.8 Å². The van der Waals surface area contributed by atoms with Crippen molar-refractivity contribution in [2.75, 3.05) is 19.6 Å². The molecule has 0 saturated carbocycles. The number of hydrogen-bond donors (Lipinski definition) is 1. The van der Waals surface area contributed by atoms with Crippen LogP contribution in [0.25, 0.3) is 0 Å². The predicted octanol–water partition coefficient (Wildman–Crippen LogP) is -0.441. The van der Waals surface area contributed by atoms with Crippen LogP contribution in [-0.4, -0.2) is 19.6 Å². The molecule has 1 saturated heterocycles. The first-order valence-corrected chi connectivity index (χ1v) is 3.58. The van der Waals surface area contributed by atoms with E-state index in [4.69, 9.17) is 13.8 Å². The lowest BCUT2D eigenvalue weighted by atomic mass is 10.0. The van der Waals surface area contributed by atoms with Crippen molar-refractivity contribution < 1.29 is 4.90 Å². The number of rotatable bonds is 1. The van der Waals surface area contributed by atoms with Gasteiger partial charge in [-0.2, -0.15) is 0 Å². The van der Waals surface area contributed by atoms with Crippen molar-refractivity contribution in [3.63, 3.8) is 0 Å². The number of hydrogen-bond acceptors (Lipinski definition) is 0. The Labute approximate surface area is 58.0 Å². The molecule has 1 aliphatic heterocycles. The molecular formula is C8H14N+. The average molecular weight is 124 g/mol. The molecule has 1 aliphatic rings. The summed E-state index contributed by atoms with van der Waals surface area (Å²) in [4.78, 5) is 1.54. The SMILES string of the molecule is [CH]C1C[NH+](CC)CC1[CH]. The van der Waals surface area contributed by atoms with Gasteiger partial charge in [-0.1, -0.05) is 0 Å². The summed E-state index contributed by atoms with van der Waals surface area (Å²) in [5.41, 5.74) is 0. The first kappa shape index (κ1) is 7.07. The van der Waals surface area contributed by atoms with Gasteiger partial charge in [-0.05, 0) is 20.8 Å². The van der Waals surface area contributed by atoms with Gasteiger partial charge in [0, 0.05) is 11.8 Å². The summed E-state index contributed by atoms with van der Waals surface area (Å²) in [6.45, 7) is 16.8. The molecule has 0 aromatic heterocycles. The van der Waals surface area contributed by atoms with Crippen LogP contribution in [0.1, 0.15) is 6.92 Å². The summed E-state index contributed by atoms with van der Waals surface area (Å²) in [6, 6.07) is 0. The Hall–Kier alpha value is -0.0400. The highest BCUT2D eigenvalue weighted by Crippen LogP contribution is 2.09. The molecule has 1 rings (SSSR count). The van der Waals surface area contributed by atoms with Gasteiger partial charge in [-0.3, -0.25) is 0 Å². The fourth-order valence-corrected chi connectivity index (χ4v) is 1.34. The molecule has 4 radical (unpaired) electrons. The van der Waals surface area contributed by atoms with Gasteiger partial charge < -0.3 is 4.90 Å². The van der Waals surface area contributed by atoms with Crippen LogP contribution >= 0.6 is 0 Å². The zero-order valence-electron chi connectivity index (χ0n) is 5.93. The van der Waals surface area contributed by atoms with Crippen molar-refractivity contribution in [2.24, 2.45) is 11.8 Å². The van der Waals surface area contributed by atoms with Gasteiger partial charge in [0.15, 0.2) is 0 Å². The molecule has 1 fully saturated rings. The molecule has 0 aliphatic carbocycles. The minimum absolute atomic E-state index is 0.236. The number of likely N-dealkylation sites (tertiary alicyclic amines) is 1. The lowest BCUT2D eigenvalue weighted by molar-refractivity contribution is -0.887. The molecule has 0 bridgehead atoms. The van der Waals surface area contributed by atoms with E-state index in [1.54, 1.807) is 0 Å². The zero-order valence-corrected chi connectivity index (χ0v) is 5.93. The predicted molar refractivity (Wildman–Crippen MR) is 36.8 cm³/mol. The summed E-state index contributed by atoms with van der Waals surface area (Å²) in [6.07, 6.45) is 0. The van der Waals surface area contributed by atoms with E-state index in [1.807, 2.05) is 0 Å². The maximum Gasteiger partial charge on any atom is 0.0807 e. The van der Waals surface area contributed by atoms with Crippen molar-refractivity contribution in [3.8, 4) is 0 Å². The van der Waals surface area contributed by atoms with Crippen LogP contribution in [0.15, 0.2) is 0 Å². The minimum Gasteiger partial charge on any atom is -0.335 e. The van der Waals surface area contributed by atoms with E-state index < -0.39 is 0 Å². The highest BCUT2D eigenvalue weighted by Gasteiger charge is 2.28.